The maximum absolute atomic E-state index is 13.3. The molecular formula is C27H34ClN3O4. The lowest BCUT2D eigenvalue weighted by molar-refractivity contribution is -0.142. The fraction of sp³-hybridized carbons (Fsp3) is 0.444. The van der Waals surface area contributed by atoms with Crippen molar-refractivity contribution < 1.29 is 19.5 Å². The molecule has 2 amide bonds. The zero-order valence-corrected chi connectivity index (χ0v) is 20.9. The van der Waals surface area contributed by atoms with Crippen LogP contribution in [0.15, 0.2) is 54.6 Å². The van der Waals surface area contributed by atoms with Gasteiger partial charge in [0.05, 0.1) is 6.04 Å². The number of carboxylic acid groups (broad SMARTS) is 1. The van der Waals surface area contributed by atoms with Crippen molar-refractivity contribution in [3.05, 3.63) is 70.7 Å². The highest BCUT2D eigenvalue weighted by Crippen LogP contribution is 2.25. The normalized spacial score (nSPS) is 19.5. The Hall–Kier alpha value is -2.90. The maximum atomic E-state index is 13.3. The summed E-state index contributed by atoms with van der Waals surface area (Å²) in [6.07, 6.45) is 2.85. The molecule has 2 aromatic carbocycles. The van der Waals surface area contributed by atoms with Gasteiger partial charge in [-0.2, -0.15) is 0 Å². The molecule has 8 heteroatoms. The van der Waals surface area contributed by atoms with Gasteiger partial charge in [-0.15, -0.1) is 0 Å². The number of carbonyl (C=O) groups excluding carboxylic acids is 2. The summed E-state index contributed by atoms with van der Waals surface area (Å²) < 4.78 is 0. The highest BCUT2D eigenvalue weighted by Gasteiger charge is 2.35. The van der Waals surface area contributed by atoms with Crippen LogP contribution in [0.2, 0.25) is 5.02 Å². The molecular weight excluding hydrogens is 466 g/mol. The third-order valence-electron chi connectivity index (χ3n) is 6.58. The molecule has 0 spiro atoms. The number of benzene rings is 2. The monoisotopic (exact) mass is 499 g/mol. The second-order valence-corrected chi connectivity index (χ2v) is 9.84. The molecule has 0 aromatic heterocycles. The molecule has 0 aliphatic carbocycles. The molecule has 4 atom stereocenters. The van der Waals surface area contributed by atoms with E-state index in [0.29, 0.717) is 29.3 Å². The summed E-state index contributed by atoms with van der Waals surface area (Å²) in [5.41, 5.74) is 1.43. The van der Waals surface area contributed by atoms with Gasteiger partial charge in [0.1, 0.15) is 6.04 Å². The predicted molar refractivity (Wildman–Crippen MR) is 136 cm³/mol. The largest absolute Gasteiger partial charge is 0.479 e. The summed E-state index contributed by atoms with van der Waals surface area (Å²) in [6, 6.07) is 13.4. The van der Waals surface area contributed by atoms with Crippen molar-refractivity contribution in [3.8, 4) is 0 Å². The Morgan fingerprint density at radius 1 is 1.06 bits per heavy atom. The van der Waals surface area contributed by atoms with Crippen molar-refractivity contribution in [3.63, 3.8) is 0 Å². The number of piperidine rings is 1. The van der Waals surface area contributed by atoms with Gasteiger partial charge in [-0.1, -0.05) is 67.9 Å². The van der Waals surface area contributed by atoms with Crippen LogP contribution in [0.3, 0.4) is 0 Å². The van der Waals surface area contributed by atoms with E-state index < -0.39 is 24.0 Å². The third-order valence-corrected chi connectivity index (χ3v) is 6.83. The highest BCUT2D eigenvalue weighted by molar-refractivity contribution is 6.30. The van der Waals surface area contributed by atoms with E-state index in [-0.39, 0.29) is 17.9 Å². The summed E-state index contributed by atoms with van der Waals surface area (Å²) >= 11 is 5.93. The van der Waals surface area contributed by atoms with Gasteiger partial charge >= 0.3 is 5.97 Å². The molecule has 0 bridgehead atoms. The van der Waals surface area contributed by atoms with Crippen molar-refractivity contribution in [2.24, 2.45) is 11.8 Å². The van der Waals surface area contributed by atoms with Gasteiger partial charge in [-0.3, -0.25) is 9.59 Å². The molecule has 35 heavy (non-hydrogen) atoms. The number of hydrogen-bond acceptors (Lipinski definition) is 4. The Morgan fingerprint density at radius 2 is 1.74 bits per heavy atom. The molecule has 1 aliphatic heterocycles. The van der Waals surface area contributed by atoms with Gasteiger partial charge in [0.25, 0.3) is 0 Å². The minimum atomic E-state index is -1.26. The molecule has 0 unspecified atom stereocenters. The lowest BCUT2D eigenvalue weighted by Crippen LogP contribution is -2.57. The predicted octanol–water partition coefficient (Wildman–Crippen LogP) is 3.72. The van der Waals surface area contributed by atoms with E-state index in [0.717, 1.165) is 24.9 Å². The van der Waals surface area contributed by atoms with Crippen molar-refractivity contribution in [1.29, 1.82) is 0 Å². The number of aryl methyl sites for hydroxylation is 1. The van der Waals surface area contributed by atoms with Crippen molar-refractivity contribution >= 4 is 29.4 Å². The van der Waals surface area contributed by atoms with E-state index in [9.17, 15) is 19.5 Å². The Labute approximate surface area is 211 Å². The van der Waals surface area contributed by atoms with Crippen LogP contribution in [0.4, 0.5) is 0 Å². The Balaban J connectivity index is 1.78. The summed E-state index contributed by atoms with van der Waals surface area (Å²) in [6.45, 7) is 4.95. The zero-order chi connectivity index (χ0) is 25.4. The first kappa shape index (κ1) is 26.7. The number of amides is 2. The van der Waals surface area contributed by atoms with Crippen LogP contribution >= 0.6 is 11.6 Å². The molecule has 2 aromatic rings. The molecule has 7 nitrogen and oxygen atoms in total. The molecule has 1 aliphatic rings. The Morgan fingerprint density at radius 3 is 2.37 bits per heavy atom. The summed E-state index contributed by atoms with van der Waals surface area (Å²) in [4.78, 5) is 38.6. The highest BCUT2D eigenvalue weighted by atomic mass is 35.5. The summed E-state index contributed by atoms with van der Waals surface area (Å²) in [5, 5.41) is 19.1. The standard InChI is InChI=1S/C27H34ClN3O4/c1-17(2)21-9-6-16-29-24(21)26(33)30-22(15-10-18-7-4-3-5-8-18)25(32)31-23(27(34)35)19-11-13-20(28)14-12-19/h3-5,7-8,11-14,17,21-24,29H,6,9-10,15-16H2,1-2H3,(H,30,33)(H,31,32)(H,34,35)/t21-,22-,23-,24+/m0/s1. The average Bonchev–Trinajstić information content (AvgIpc) is 2.85. The maximum Gasteiger partial charge on any atom is 0.330 e. The number of carbonyl (C=O) groups is 3. The molecule has 1 fully saturated rings. The summed E-state index contributed by atoms with van der Waals surface area (Å²) in [7, 11) is 0. The van der Waals surface area contributed by atoms with Crippen LogP contribution in [-0.2, 0) is 20.8 Å². The molecule has 188 valence electrons. The lowest BCUT2D eigenvalue weighted by atomic mass is 9.81. The SMILES string of the molecule is CC(C)[C@@H]1CCCN[C@H]1C(=O)N[C@@H](CCc1ccccc1)C(=O)N[C@H](C(=O)O)c1ccc(Cl)cc1. The number of aliphatic carboxylic acids is 1. The van der Waals surface area contributed by atoms with Gasteiger partial charge in [-0.05, 0) is 67.3 Å². The lowest BCUT2D eigenvalue weighted by Gasteiger charge is -2.35. The first-order valence-electron chi connectivity index (χ1n) is 12.1. The van der Waals surface area contributed by atoms with E-state index in [1.54, 1.807) is 24.3 Å². The van der Waals surface area contributed by atoms with E-state index >= 15 is 0 Å². The van der Waals surface area contributed by atoms with E-state index in [1.165, 1.54) is 0 Å². The first-order valence-corrected chi connectivity index (χ1v) is 12.5. The smallest absolute Gasteiger partial charge is 0.330 e. The second kappa shape index (κ2) is 12.7. The Kier molecular flexibility index (Phi) is 9.69. The minimum absolute atomic E-state index is 0.169. The van der Waals surface area contributed by atoms with Crippen LogP contribution in [0, 0.1) is 11.8 Å². The molecule has 1 saturated heterocycles. The van der Waals surface area contributed by atoms with E-state index in [4.69, 9.17) is 11.6 Å². The average molecular weight is 500 g/mol. The van der Waals surface area contributed by atoms with Crippen molar-refractivity contribution in [2.45, 2.75) is 57.7 Å². The van der Waals surface area contributed by atoms with Crippen molar-refractivity contribution in [2.75, 3.05) is 6.54 Å². The minimum Gasteiger partial charge on any atom is -0.479 e. The van der Waals surface area contributed by atoms with Gasteiger partial charge in [0, 0.05) is 5.02 Å². The van der Waals surface area contributed by atoms with Crippen LogP contribution < -0.4 is 16.0 Å². The van der Waals surface area contributed by atoms with Gasteiger partial charge in [0.15, 0.2) is 6.04 Å². The third kappa shape index (κ3) is 7.54. The zero-order valence-electron chi connectivity index (χ0n) is 20.2. The number of carboxylic acids is 1. The Bertz CT molecular complexity index is 997. The van der Waals surface area contributed by atoms with Gasteiger partial charge < -0.3 is 21.1 Å². The quantitative estimate of drug-likeness (QED) is 0.398. The molecule has 4 N–H and O–H groups in total. The molecule has 3 rings (SSSR count). The fourth-order valence-corrected chi connectivity index (χ4v) is 4.72. The van der Waals surface area contributed by atoms with E-state index in [1.807, 2.05) is 30.3 Å². The van der Waals surface area contributed by atoms with Gasteiger partial charge in [-0.25, -0.2) is 4.79 Å². The van der Waals surface area contributed by atoms with Crippen LogP contribution in [0.5, 0.6) is 0 Å². The first-order chi connectivity index (χ1) is 16.8. The topological polar surface area (TPSA) is 108 Å². The molecule has 1 heterocycles. The van der Waals surface area contributed by atoms with E-state index in [2.05, 4.69) is 29.8 Å². The molecule has 0 saturated carbocycles. The van der Waals surface area contributed by atoms with Crippen LogP contribution in [0.25, 0.3) is 0 Å². The molecule has 0 radical (unpaired) electrons. The van der Waals surface area contributed by atoms with Crippen LogP contribution in [0.1, 0.15) is 50.3 Å². The number of halogens is 1. The number of nitrogens with one attached hydrogen (secondary N) is 3. The van der Waals surface area contributed by atoms with Crippen LogP contribution in [-0.4, -0.2) is 41.5 Å². The second-order valence-electron chi connectivity index (χ2n) is 9.40. The number of hydrogen-bond donors (Lipinski definition) is 4. The fourth-order valence-electron chi connectivity index (χ4n) is 4.59. The van der Waals surface area contributed by atoms with Crippen molar-refractivity contribution in [1.82, 2.24) is 16.0 Å². The summed E-state index contributed by atoms with van der Waals surface area (Å²) in [5.74, 6) is -1.47. The number of rotatable bonds is 10. The van der Waals surface area contributed by atoms with Gasteiger partial charge in [0.2, 0.25) is 11.8 Å².